The molecule has 2 heterocycles. The van der Waals surface area contributed by atoms with E-state index in [0.29, 0.717) is 13.0 Å². The van der Waals surface area contributed by atoms with Gasteiger partial charge in [0.2, 0.25) is 0 Å². The van der Waals surface area contributed by atoms with Crippen molar-refractivity contribution in [3.05, 3.63) is 23.4 Å². The Morgan fingerprint density at radius 2 is 2.22 bits per heavy atom. The molecule has 0 fully saturated rings. The van der Waals surface area contributed by atoms with Crippen LogP contribution in [0.15, 0.2) is 12.1 Å². The van der Waals surface area contributed by atoms with Crippen molar-refractivity contribution in [1.82, 2.24) is 15.2 Å². The molecular formula is C20H34N4O3. The third-order valence-corrected chi connectivity index (χ3v) is 5.10. The van der Waals surface area contributed by atoms with E-state index in [1.807, 2.05) is 0 Å². The van der Waals surface area contributed by atoms with Gasteiger partial charge in [0, 0.05) is 32.4 Å². The van der Waals surface area contributed by atoms with E-state index in [4.69, 9.17) is 14.8 Å². The smallest absolute Gasteiger partial charge is 0.320 e. The third-order valence-electron chi connectivity index (χ3n) is 5.10. The number of hydrogen-bond acceptors (Lipinski definition) is 6. The lowest BCUT2D eigenvalue weighted by Crippen LogP contribution is -2.39. The highest BCUT2D eigenvalue weighted by molar-refractivity contribution is 5.73. The lowest BCUT2D eigenvalue weighted by molar-refractivity contribution is -0.139. The summed E-state index contributed by atoms with van der Waals surface area (Å²) in [5, 5.41) is 15.4. The first kappa shape index (κ1) is 21.6. The number of hydrogen-bond donors (Lipinski definition) is 3. The van der Waals surface area contributed by atoms with Gasteiger partial charge in [0.1, 0.15) is 11.9 Å². The first-order valence-corrected chi connectivity index (χ1v) is 9.98. The van der Waals surface area contributed by atoms with E-state index < -0.39 is 12.0 Å². The maximum absolute atomic E-state index is 11.2. The summed E-state index contributed by atoms with van der Waals surface area (Å²) in [6, 6.07) is 3.86. The highest BCUT2D eigenvalue weighted by Gasteiger charge is 2.16. The minimum atomic E-state index is -0.795. The molecule has 1 atom stereocenters. The highest BCUT2D eigenvalue weighted by atomic mass is 16.5. The number of anilines is 1. The first-order valence-electron chi connectivity index (χ1n) is 9.98. The van der Waals surface area contributed by atoms with Crippen molar-refractivity contribution in [2.24, 2.45) is 0 Å². The molecule has 1 aliphatic rings. The van der Waals surface area contributed by atoms with E-state index in [1.54, 1.807) is 14.2 Å². The number of aliphatic carboxylic acids is 1. The van der Waals surface area contributed by atoms with Crippen LogP contribution in [0, 0.1) is 0 Å². The summed E-state index contributed by atoms with van der Waals surface area (Å²) in [7, 11) is 3.39. The van der Waals surface area contributed by atoms with Gasteiger partial charge in [0.15, 0.2) is 0 Å². The number of aryl methyl sites for hydroxylation is 2. The van der Waals surface area contributed by atoms with E-state index in [2.05, 4.69) is 27.7 Å². The molecule has 1 aromatic heterocycles. The lowest BCUT2D eigenvalue weighted by atomic mass is 10.1. The van der Waals surface area contributed by atoms with Crippen LogP contribution < -0.4 is 10.6 Å². The van der Waals surface area contributed by atoms with Gasteiger partial charge < -0.3 is 25.4 Å². The summed E-state index contributed by atoms with van der Waals surface area (Å²) in [6.45, 7) is 4.20. The van der Waals surface area contributed by atoms with Crippen LogP contribution >= 0.6 is 0 Å². The number of likely N-dealkylation sites (N-methyl/N-ethyl adjacent to an activating group) is 1. The lowest BCUT2D eigenvalue weighted by Gasteiger charge is -2.23. The molecule has 0 saturated carbocycles. The van der Waals surface area contributed by atoms with Gasteiger partial charge >= 0.3 is 5.97 Å². The summed E-state index contributed by atoms with van der Waals surface area (Å²) in [4.78, 5) is 18.2. The summed E-state index contributed by atoms with van der Waals surface area (Å²) in [5.74, 6) is 0.267. The fraction of sp³-hybridized carbons (Fsp3) is 0.700. The van der Waals surface area contributed by atoms with Crippen LogP contribution in [0.2, 0.25) is 0 Å². The van der Waals surface area contributed by atoms with Crippen molar-refractivity contribution in [2.75, 3.05) is 52.3 Å². The van der Waals surface area contributed by atoms with Crippen molar-refractivity contribution in [3.8, 4) is 0 Å². The normalized spacial score (nSPS) is 14.6. The van der Waals surface area contributed by atoms with Crippen molar-refractivity contribution < 1.29 is 14.6 Å². The number of fused-ring (bicyclic) bond motifs is 1. The van der Waals surface area contributed by atoms with Gasteiger partial charge in [-0.2, -0.15) is 0 Å². The predicted octanol–water partition coefficient (Wildman–Crippen LogP) is 1.77. The molecule has 7 nitrogen and oxygen atoms in total. The van der Waals surface area contributed by atoms with Crippen LogP contribution in [0.25, 0.3) is 0 Å². The van der Waals surface area contributed by atoms with Crippen LogP contribution in [0.4, 0.5) is 5.82 Å². The summed E-state index contributed by atoms with van der Waals surface area (Å²) in [6.07, 6.45) is 6.00. The number of nitrogens with zero attached hydrogens (tertiary/aromatic N) is 2. The Hall–Kier alpha value is -1.70. The number of carbonyl (C=O) groups is 1. The minimum absolute atomic E-state index is 0.498. The summed E-state index contributed by atoms with van der Waals surface area (Å²) < 4.78 is 5.19. The van der Waals surface area contributed by atoms with Crippen LogP contribution in [-0.4, -0.2) is 73.9 Å². The Morgan fingerprint density at radius 1 is 1.37 bits per heavy atom. The van der Waals surface area contributed by atoms with E-state index in [9.17, 15) is 4.79 Å². The molecule has 0 saturated heterocycles. The predicted molar refractivity (Wildman–Crippen MR) is 107 cm³/mol. The maximum Gasteiger partial charge on any atom is 0.320 e. The van der Waals surface area contributed by atoms with Crippen LogP contribution in [-0.2, 0) is 22.4 Å². The number of rotatable bonds is 13. The highest BCUT2D eigenvalue weighted by Crippen LogP contribution is 2.20. The molecule has 0 bridgehead atoms. The molecule has 3 N–H and O–H groups in total. The van der Waals surface area contributed by atoms with Crippen molar-refractivity contribution in [3.63, 3.8) is 0 Å². The van der Waals surface area contributed by atoms with Crippen LogP contribution in [0.3, 0.4) is 0 Å². The Morgan fingerprint density at radius 3 is 2.96 bits per heavy atom. The van der Waals surface area contributed by atoms with E-state index >= 15 is 0 Å². The summed E-state index contributed by atoms with van der Waals surface area (Å²) >= 11 is 0. The molecule has 27 heavy (non-hydrogen) atoms. The standard InChI is InChI=1S/C20H34N4O3/c1-21-18(20(25)26)10-13-24(14-15-27-2)12-4-3-7-17-9-8-16-6-5-11-22-19(16)23-17/h8-9,18,21H,3-7,10-15H2,1-2H3,(H,22,23)(H,25,26). The molecule has 1 aromatic rings. The third kappa shape index (κ3) is 7.44. The second-order valence-corrected chi connectivity index (χ2v) is 7.10. The minimum Gasteiger partial charge on any atom is -0.480 e. The van der Waals surface area contributed by atoms with Crippen molar-refractivity contribution in [2.45, 2.75) is 44.6 Å². The summed E-state index contributed by atoms with van der Waals surface area (Å²) in [5.41, 5.74) is 2.47. The Labute approximate surface area is 162 Å². The zero-order valence-electron chi connectivity index (χ0n) is 16.7. The van der Waals surface area contributed by atoms with Crippen molar-refractivity contribution in [1.29, 1.82) is 0 Å². The van der Waals surface area contributed by atoms with Gasteiger partial charge in [-0.3, -0.25) is 4.79 Å². The molecule has 0 amide bonds. The number of carboxylic acids is 1. The second-order valence-electron chi connectivity index (χ2n) is 7.10. The molecule has 0 aliphatic carbocycles. The van der Waals surface area contributed by atoms with Gasteiger partial charge in [0.25, 0.3) is 0 Å². The van der Waals surface area contributed by atoms with E-state index in [0.717, 1.165) is 63.4 Å². The van der Waals surface area contributed by atoms with Crippen LogP contribution in [0.5, 0.6) is 0 Å². The number of unbranched alkanes of at least 4 members (excludes halogenated alkanes) is 1. The fourth-order valence-corrected chi connectivity index (χ4v) is 3.41. The van der Waals surface area contributed by atoms with Gasteiger partial charge in [-0.15, -0.1) is 0 Å². The monoisotopic (exact) mass is 378 g/mol. The molecule has 0 radical (unpaired) electrons. The Balaban J connectivity index is 1.74. The number of pyridine rings is 1. The average Bonchev–Trinajstić information content (AvgIpc) is 2.68. The van der Waals surface area contributed by atoms with Gasteiger partial charge in [0.05, 0.1) is 6.61 Å². The number of carboxylic acid groups (broad SMARTS) is 1. The molecule has 2 rings (SSSR count). The zero-order chi connectivity index (χ0) is 19.5. The average molecular weight is 379 g/mol. The van der Waals surface area contributed by atoms with Crippen molar-refractivity contribution >= 4 is 11.8 Å². The number of methoxy groups -OCH3 is 1. The van der Waals surface area contributed by atoms with Gasteiger partial charge in [-0.05, 0) is 63.7 Å². The molecule has 1 unspecified atom stereocenters. The Kier molecular flexibility index (Phi) is 9.52. The topological polar surface area (TPSA) is 86.7 Å². The first-order chi connectivity index (χ1) is 13.1. The number of aromatic nitrogens is 1. The zero-order valence-corrected chi connectivity index (χ0v) is 16.7. The van der Waals surface area contributed by atoms with Gasteiger partial charge in [-0.1, -0.05) is 6.07 Å². The number of ether oxygens (including phenoxy) is 1. The van der Waals surface area contributed by atoms with E-state index in [1.165, 1.54) is 12.0 Å². The van der Waals surface area contributed by atoms with E-state index in [-0.39, 0.29) is 0 Å². The van der Waals surface area contributed by atoms with Gasteiger partial charge in [-0.25, -0.2) is 4.98 Å². The molecule has 0 spiro atoms. The molecule has 0 aromatic carbocycles. The molecular weight excluding hydrogens is 344 g/mol. The SMILES string of the molecule is CNC(CCN(CCCCc1ccc2c(n1)NCCC2)CCOC)C(=O)O. The maximum atomic E-state index is 11.2. The fourth-order valence-electron chi connectivity index (χ4n) is 3.41. The molecule has 1 aliphatic heterocycles. The van der Waals surface area contributed by atoms with Crippen LogP contribution in [0.1, 0.15) is 36.9 Å². The molecule has 152 valence electrons. The second kappa shape index (κ2) is 11.9. The molecule has 7 heteroatoms. The largest absolute Gasteiger partial charge is 0.480 e. The quantitative estimate of drug-likeness (QED) is 0.451. The Bertz CT molecular complexity index is 582. The number of nitrogens with one attached hydrogen (secondary N) is 2.